The number of anilines is 1. The topological polar surface area (TPSA) is 102 Å². The maximum absolute atomic E-state index is 13.0. The van der Waals surface area contributed by atoms with Crippen molar-refractivity contribution in [3.8, 4) is 17.0 Å². The number of nitrogens with zero attached hydrogens (tertiary/aromatic N) is 2. The molecule has 0 bridgehead atoms. The molecular weight excluding hydrogens is 482 g/mol. The Morgan fingerprint density at radius 3 is 2.34 bits per heavy atom. The normalized spacial score (nSPS) is 11.6. The van der Waals surface area contributed by atoms with Crippen LogP contribution in [0.2, 0.25) is 0 Å². The molecule has 0 aliphatic rings. The lowest BCUT2D eigenvalue weighted by molar-refractivity contribution is 0.0697. The molecule has 2 heterocycles. The Hall–Kier alpha value is -5.11. The van der Waals surface area contributed by atoms with Gasteiger partial charge in [0.15, 0.2) is 6.10 Å². The van der Waals surface area contributed by atoms with Crippen molar-refractivity contribution >= 4 is 23.4 Å². The number of para-hydroxylation sites is 1. The third-order valence-corrected chi connectivity index (χ3v) is 6.22. The fourth-order valence-electron chi connectivity index (χ4n) is 4.34. The number of amides is 1. The molecule has 0 radical (unpaired) electrons. The third kappa shape index (κ3) is 4.92. The standard InChI is InChI=1S/C30H25N3O5/c1-19-12-17-25(33-18-26(37-2)32-28(19)33)27(38-30(36)31-22-8-4-3-5-9-22)21-15-13-20(14-16-21)23-10-6-7-11-24(23)29(34)35/h3-18,27H,1-2H3,(H,31,36)(H,34,35)/t27-/m1/s1. The first-order valence-corrected chi connectivity index (χ1v) is 11.9. The van der Waals surface area contributed by atoms with E-state index >= 15 is 0 Å². The van der Waals surface area contributed by atoms with Crippen molar-refractivity contribution in [1.82, 2.24) is 9.38 Å². The van der Waals surface area contributed by atoms with Crippen LogP contribution in [0.25, 0.3) is 16.8 Å². The van der Waals surface area contributed by atoms with Gasteiger partial charge in [-0.15, -0.1) is 0 Å². The Morgan fingerprint density at radius 2 is 1.63 bits per heavy atom. The number of rotatable bonds is 7. The van der Waals surface area contributed by atoms with E-state index in [1.807, 2.05) is 65.9 Å². The van der Waals surface area contributed by atoms with Gasteiger partial charge in [0.2, 0.25) is 5.88 Å². The first-order valence-electron chi connectivity index (χ1n) is 11.9. The van der Waals surface area contributed by atoms with E-state index in [2.05, 4.69) is 10.3 Å². The molecule has 0 aliphatic carbocycles. The minimum Gasteiger partial charge on any atom is -0.480 e. The molecule has 0 aliphatic heterocycles. The predicted molar refractivity (Wildman–Crippen MR) is 144 cm³/mol. The van der Waals surface area contributed by atoms with Crippen molar-refractivity contribution in [3.63, 3.8) is 0 Å². The van der Waals surface area contributed by atoms with Gasteiger partial charge in [0.05, 0.1) is 24.6 Å². The van der Waals surface area contributed by atoms with E-state index in [1.165, 1.54) is 0 Å². The van der Waals surface area contributed by atoms with Gasteiger partial charge >= 0.3 is 12.1 Å². The number of fused-ring (bicyclic) bond motifs is 1. The highest BCUT2D eigenvalue weighted by Gasteiger charge is 2.24. The number of carbonyl (C=O) groups is 2. The van der Waals surface area contributed by atoms with Crippen molar-refractivity contribution in [3.05, 3.63) is 120 Å². The SMILES string of the molecule is COc1cn2c([C@H](OC(=O)Nc3ccccc3)c3ccc(-c4ccccc4C(=O)O)cc3)ccc(C)c2n1. The zero-order valence-electron chi connectivity index (χ0n) is 20.8. The van der Waals surface area contributed by atoms with Crippen LogP contribution in [-0.2, 0) is 4.74 Å². The number of aromatic carboxylic acids is 1. The van der Waals surface area contributed by atoms with Gasteiger partial charge in [0.1, 0.15) is 5.65 Å². The monoisotopic (exact) mass is 507 g/mol. The van der Waals surface area contributed by atoms with Crippen molar-refractivity contribution in [2.24, 2.45) is 0 Å². The first kappa shape index (κ1) is 24.6. The van der Waals surface area contributed by atoms with E-state index in [4.69, 9.17) is 9.47 Å². The van der Waals surface area contributed by atoms with Crippen molar-refractivity contribution in [1.29, 1.82) is 0 Å². The second-order valence-electron chi connectivity index (χ2n) is 8.67. The number of carboxylic acid groups (broad SMARTS) is 1. The molecule has 1 atom stereocenters. The van der Waals surface area contributed by atoms with Crippen LogP contribution in [0.4, 0.5) is 10.5 Å². The van der Waals surface area contributed by atoms with Crippen LogP contribution in [0.15, 0.2) is 97.2 Å². The van der Waals surface area contributed by atoms with Gasteiger partial charge in [0.25, 0.3) is 0 Å². The highest BCUT2D eigenvalue weighted by molar-refractivity contribution is 5.96. The largest absolute Gasteiger partial charge is 0.480 e. The Labute approximate surface area is 219 Å². The van der Waals surface area contributed by atoms with Crippen LogP contribution in [0.5, 0.6) is 5.88 Å². The summed E-state index contributed by atoms with van der Waals surface area (Å²) >= 11 is 0. The van der Waals surface area contributed by atoms with Gasteiger partial charge in [-0.1, -0.05) is 66.7 Å². The molecule has 0 spiro atoms. The van der Waals surface area contributed by atoms with E-state index in [-0.39, 0.29) is 5.56 Å². The lowest BCUT2D eigenvalue weighted by Crippen LogP contribution is -2.20. The quantitative estimate of drug-likeness (QED) is 0.266. The summed E-state index contributed by atoms with van der Waals surface area (Å²) in [5.74, 6) is -0.562. The summed E-state index contributed by atoms with van der Waals surface area (Å²) in [7, 11) is 1.55. The van der Waals surface area contributed by atoms with Gasteiger partial charge in [-0.3, -0.25) is 9.72 Å². The molecule has 0 saturated heterocycles. The van der Waals surface area contributed by atoms with E-state index < -0.39 is 18.2 Å². The summed E-state index contributed by atoms with van der Waals surface area (Å²) in [5.41, 5.74) is 5.14. The van der Waals surface area contributed by atoms with Crippen LogP contribution in [0.3, 0.4) is 0 Å². The van der Waals surface area contributed by atoms with Gasteiger partial charge < -0.3 is 14.6 Å². The minimum absolute atomic E-state index is 0.209. The zero-order chi connectivity index (χ0) is 26.6. The molecule has 2 N–H and O–H groups in total. The molecular formula is C30H25N3O5. The van der Waals surface area contributed by atoms with E-state index in [0.29, 0.717) is 34.0 Å². The number of hydrogen-bond donors (Lipinski definition) is 2. The number of hydrogen-bond acceptors (Lipinski definition) is 5. The van der Waals surface area contributed by atoms with Crippen LogP contribution in [0.1, 0.15) is 33.3 Å². The van der Waals surface area contributed by atoms with Gasteiger partial charge in [-0.2, -0.15) is 4.98 Å². The van der Waals surface area contributed by atoms with Crippen LogP contribution in [0, 0.1) is 6.92 Å². The molecule has 0 saturated carbocycles. The summed E-state index contributed by atoms with van der Waals surface area (Å²) < 4.78 is 13.2. The number of benzene rings is 3. The number of methoxy groups -OCH3 is 1. The van der Waals surface area contributed by atoms with E-state index in [0.717, 1.165) is 11.1 Å². The fraction of sp³-hybridized carbons (Fsp3) is 0.100. The highest BCUT2D eigenvalue weighted by Crippen LogP contribution is 2.32. The Kier molecular flexibility index (Phi) is 6.78. The number of carbonyl (C=O) groups excluding carboxylic acids is 1. The van der Waals surface area contributed by atoms with Gasteiger partial charge in [0, 0.05) is 5.69 Å². The molecule has 38 heavy (non-hydrogen) atoms. The van der Waals surface area contributed by atoms with E-state index in [9.17, 15) is 14.7 Å². The molecule has 1 amide bonds. The van der Waals surface area contributed by atoms with Gasteiger partial charge in [-0.05, 0) is 53.4 Å². The van der Waals surface area contributed by atoms with Crippen LogP contribution < -0.4 is 10.1 Å². The summed E-state index contributed by atoms with van der Waals surface area (Å²) in [4.78, 5) is 29.2. The van der Waals surface area contributed by atoms with Crippen LogP contribution in [-0.4, -0.2) is 33.7 Å². The third-order valence-electron chi connectivity index (χ3n) is 6.22. The molecule has 5 rings (SSSR count). The molecule has 0 unspecified atom stereocenters. The zero-order valence-corrected chi connectivity index (χ0v) is 20.8. The first-order chi connectivity index (χ1) is 18.4. The fourth-order valence-corrected chi connectivity index (χ4v) is 4.34. The molecule has 2 aromatic heterocycles. The average Bonchev–Trinajstić information content (AvgIpc) is 3.39. The lowest BCUT2D eigenvalue weighted by atomic mass is 9.97. The molecule has 5 aromatic rings. The number of ether oxygens (including phenoxy) is 2. The number of pyridine rings is 1. The van der Waals surface area contributed by atoms with E-state index in [1.54, 1.807) is 49.7 Å². The second-order valence-corrected chi connectivity index (χ2v) is 8.67. The Morgan fingerprint density at radius 1 is 0.921 bits per heavy atom. The van der Waals surface area contributed by atoms with Crippen molar-refractivity contribution in [2.45, 2.75) is 13.0 Å². The Bertz CT molecular complexity index is 1610. The minimum atomic E-state index is -1.00. The number of imidazole rings is 1. The molecule has 8 nitrogen and oxygen atoms in total. The maximum atomic E-state index is 13.0. The summed E-state index contributed by atoms with van der Waals surface area (Å²) in [5, 5.41) is 12.4. The maximum Gasteiger partial charge on any atom is 0.412 e. The van der Waals surface area contributed by atoms with Crippen molar-refractivity contribution < 1.29 is 24.2 Å². The van der Waals surface area contributed by atoms with Gasteiger partial charge in [-0.25, -0.2) is 9.59 Å². The number of nitrogens with one attached hydrogen (secondary N) is 1. The summed E-state index contributed by atoms with van der Waals surface area (Å²) in [6.45, 7) is 1.94. The summed E-state index contributed by atoms with van der Waals surface area (Å²) in [6, 6.07) is 27.0. The molecule has 3 aromatic carbocycles. The predicted octanol–water partition coefficient (Wildman–Crippen LogP) is 6.35. The second kappa shape index (κ2) is 10.5. The van der Waals surface area contributed by atoms with Crippen molar-refractivity contribution in [2.75, 3.05) is 12.4 Å². The van der Waals surface area contributed by atoms with Crippen LogP contribution >= 0.6 is 0 Å². The number of carboxylic acids is 1. The molecule has 8 heteroatoms. The smallest absolute Gasteiger partial charge is 0.412 e. The Balaban J connectivity index is 1.56. The lowest BCUT2D eigenvalue weighted by Gasteiger charge is -2.21. The average molecular weight is 508 g/mol. The number of aromatic nitrogens is 2. The molecule has 0 fully saturated rings. The summed E-state index contributed by atoms with van der Waals surface area (Å²) in [6.07, 6.45) is 0.326. The number of aryl methyl sites for hydroxylation is 1. The highest BCUT2D eigenvalue weighted by atomic mass is 16.6. The molecule has 190 valence electrons.